The fourth-order valence-electron chi connectivity index (χ4n) is 12.2. The minimum atomic E-state index is -1.44. The number of hydrogen-bond acceptors (Lipinski definition) is 16. The van der Waals surface area contributed by atoms with Crippen molar-refractivity contribution in [2.24, 2.45) is 47.0 Å². The van der Waals surface area contributed by atoms with E-state index in [1.165, 1.54) is 55.5 Å². The van der Waals surface area contributed by atoms with Crippen molar-refractivity contribution in [2.75, 3.05) is 18.1 Å². The molecule has 0 saturated carbocycles. The third-order valence-electron chi connectivity index (χ3n) is 18.3. The lowest BCUT2D eigenvalue weighted by Crippen LogP contribution is -2.58. The first-order valence-corrected chi connectivity index (χ1v) is 36.5. The van der Waals surface area contributed by atoms with Crippen LogP contribution in [-0.4, -0.2) is 144 Å². The van der Waals surface area contributed by atoms with Crippen molar-refractivity contribution in [1.82, 2.24) is 56.8 Å². The summed E-state index contributed by atoms with van der Waals surface area (Å²) in [4.78, 5) is 175. The SMILES string of the molecule is CCCCCN[C@H](C(=O)C[C@@H]1CSCc2ccccc2CSC[C@H](C(=O)N[C@@H](Cc2ccccc2)C(=O)N[C@@H](Cc2cnc[nH]2)C(=O)CC(C(=O)N[C@@H](Cc2c[nH]c3ccccc23)C(=O)C[C@@H](Cc2cnc[nH]2)C(N)=O)[C@@H](C)CC)NC(=O)[C@H](C)CC(=O)[C@H](CC(N)=O)NC1=O)C(C)C. The molecule has 26 heteroatoms. The molecule has 7 amide bonds. The van der Waals surface area contributed by atoms with Crippen LogP contribution in [0.3, 0.4) is 0 Å². The second kappa shape index (κ2) is 39.1. The number of H-pyrrole nitrogens is 3. The number of Topliss-reactive ketones (excluding diaryl/α,β-unsaturated/α-hetero) is 4. The summed E-state index contributed by atoms with van der Waals surface area (Å²) in [5.41, 5.74) is 16.6. The number of amides is 7. The number of aromatic nitrogens is 5. The molecule has 3 aromatic carbocycles. The second-order valence-corrected chi connectivity index (χ2v) is 28.4. The monoisotopic (exact) mass is 1400 g/mol. The van der Waals surface area contributed by atoms with Crippen LogP contribution in [0, 0.1) is 35.5 Å². The van der Waals surface area contributed by atoms with Crippen molar-refractivity contribution in [2.45, 2.75) is 173 Å². The van der Waals surface area contributed by atoms with Gasteiger partial charge in [-0.2, -0.15) is 23.5 Å². The van der Waals surface area contributed by atoms with Gasteiger partial charge in [0, 0.05) is 127 Å². The van der Waals surface area contributed by atoms with Crippen molar-refractivity contribution >= 4 is 98.9 Å². The maximum absolute atomic E-state index is 15.1. The number of para-hydroxylation sites is 1. The largest absolute Gasteiger partial charge is 0.370 e. The van der Waals surface area contributed by atoms with Crippen LogP contribution >= 0.6 is 23.5 Å². The highest BCUT2D eigenvalue weighted by molar-refractivity contribution is 7.98. The van der Waals surface area contributed by atoms with Gasteiger partial charge in [-0.3, -0.25) is 52.7 Å². The average molecular weight is 1400 g/mol. The van der Waals surface area contributed by atoms with Crippen LogP contribution in [0.4, 0.5) is 0 Å². The Balaban J connectivity index is 1.13. The maximum Gasteiger partial charge on any atom is 0.244 e. The average Bonchev–Trinajstić information content (AvgIpc) is 1.74. The Kier molecular flexibility index (Phi) is 30.7. The summed E-state index contributed by atoms with van der Waals surface area (Å²) in [6.45, 7) is 11.8. The van der Waals surface area contributed by atoms with Crippen molar-refractivity contribution in [3.63, 3.8) is 0 Å². The molecule has 6 aromatic rings. The van der Waals surface area contributed by atoms with Crippen molar-refractivity contribution in [3.05, 3.63) is 144 Å². The number of hydrogen-bond donors (Lipinski definition) is 11. The Labute approximate surface area is 587 Å². The second-order valence-electron chi connectivity index (χ2n) is 26.3. The molecule has 532 valence electrons. The molecular weight excluding hydrogens is 1300 g/mol. The van der Waals surface area contributed by atoms with Crippen LogP contribution in [0.25, 0.3) is 10.9 Å². The molecule has 1 aliphatic heterocycles. The molecule has 7 rings (SSSR count). The number of rotatable bonds is 34. The quantitative estimate of drug-likeness (QED) is 0.0206. The van der Waals surface area contributed by atoms with E-state index in [0.29, 0.717) is 41.4 Å². The Morgan fingerprint density at radius 3 is 1.91 bits per heavy atom. The van der Waals surface area contributed by atoms with Crippen LogP contribution in [0.1, 0.15) is 133 Å². The first kappa shape index (κ1) is 77.6. The topological polar surface area (TPSA) is 385 Å². The van der Waals surface area contributed by atoms with Crippen LogP contribution < -0.4 is 43.4 Å². The summed E-state index contributed by atoms with van der Waals surface area (Å²) in [5.74, 6) is -10.4. The molecule has 1 unspecified atom stereocenters. The van der Waals surface area contributed by atoms with Crippen LogP contribution in [0.5, 0.6) is 0 Å². The summed E-state index contributed by atoms with van der Waals surface area (Å²) in [6.07, 6.45) is 9.06. The summed E-state index contributed by atoms with van der Waals surface area (Å²) in [6, 6.07) is 16.9. The predicted octanol–water partition coefficient (Wildman–Crippen LogP) is 6.02. The highest BCUT2D eigenvalue weighted by Gasteiger charge is 2.38. The van der Waals surface area contributed by atoms with Gasteiger partial charge in [0.25, 0.3) is 0 Å². The number of unbranched alkanes of at least 4 members (excludes halogenated alkanes) is 2. The molecule has 0 fully saturated rings. The zero-order valence-corrected chi connectivity index (χ0v) is 59.0. The molecule has 1 aliphatic rings. The van der Waals surface area contributed by atoms with E-state index in [-0.39, 0.29) is 61.7 Å². The molecule has 0 aliphatic carbocycles. The van der Waals surface area contributed by atoms with E-state index in [4.69, 9.17) is 11.5 Å². The first-order valence-electron chi connectivity index (χ1n) is 34.2. The zero-order valence-electron chi connectivity index (χ0n) is 57.4. The zero-order chi connectivity index (χ0) is 71.5. The number of benzene rings is 3. The van der Waals surface area contributed by atoms with Gasteiger partial charge in [0.2, 0.25) is 41.4 Å². The number of carbonyl (C=O) groups excluding carboxylic acids is 11. The Hall–Kier alpha value is -8.75. The number of ketones is 4. The smallest absolute Gasteiger partial charge is 0.244 e. The lowest BCUT2D eigenvalue weighted by molar-refractivity contribution is -0.136. The number of primary amides is 2. The van der Waals surface area contributed by atoms with Gasteiger partial charge in [0.05, 0.1) is 55.1 Å². The Bertz CT molecular complexity index is 3680. The van der Waals surface area contributed by atoms with E-state index in [1.54, 1.807) is 36.5 Å². The van der Waals surface area contributed by atoms with E-state index in [0.717, 1.165) is 46.9 Å². The van der Waals surface area contributed by atoms with Gasteiger partial charge in [-0.25, -0.2) is 9.97 Å². The van der Waals surface area contributed by atoms with Gasteiger partial charge >= 0.3 is 0 Å². The van der Waals surface area contributed by atoms with Crippen molar-refractivity contribution < 1.29 is 52.7 Å². The van der Waals surface area contributed by atoms with E-state index in [2.05, 4.69) is 63.7 Å². The highest BCUT2D eigenvalue weighted by Crippen LogP contribution is 2.28. The molecular formula is C73H97N13O11S2. The van der Waals surface area contributed by atoms with Crippen molar-refractivity contribution in [3.8, 4) is 0 Å². The fourth-order valence-corrected chi connectivity index (χ4v) is 14.4. The minimum absolute atomic E-state index is 0.0153. The molecule has 4 heterocycles. The Morgan fingerprint density at radius 1 is 0.646 bits per heavy atom. The molecule has 0 bridgehead atoms. The number of nitrogens with one attached hydrogen (secondary N) is 9. The fraction of sp³-hybridized carbons (Fsp3) is 0.493. The highest BCUT2D eigenvalue weighted by atomic mass is 32.2. The number of nitrogens with two attached hydrogens (primary N) is 2. The third kappa shape index (κ3) is 24.0. The number of nitrogens with zero attached hydrogens (tertiary/aromatic N) is 2. The normalized spacial score (nSPS) is 18.7. The summed E-state index contributed by atoms with van der Waals surface area (Å²) >= 11 is 2.78. The first-order chi connectivity index (χ1) is 47.5. The number of imidazole rings is 2. The molecule has 24 nitrogen and oxygen atoms in total. The number of carbonyl (C=O) groups is 11. The Morgan fingerprint density at radius 2 is 1.27 bits per heavy atom. The van der Waals surface area contributed by atoms with E-state index in [9.17, 15) is 38.4 Å². The van der Waals surface area contributed by atoms with Gasteiger partial charge < -0.3 is 58.3 Å². The molecule has 0 spiro atoms. The van der Waals surface area contributed by atoms with E-state index >= 15 is 14.4 Å². The van der Waals surface area contributed by atoms with E-state index < -0.39 is 144 Å². The summed E-state index contributed by atoms with van der Waals surface area (Å²) < 4.78 is 0. The van der Waals surface area contributed by atoms with Crippen LogP contribution in [-0.2, 0) is 89.9 Å². The molecule has 99 heavy (non-hydrogen) atoms. The predicted molar refractivity (Wildman–Crippen MR) is 382 cm³/mol. The standard InChI is InChI=1S/C73H97N13O11S2/c1-7-9-17-24-78-67(43(3)4)65(90)30-51-39-98-37-47-20-13-14-21-48(47)38-99-40-61(86-69(93)45(6)25-62(87)59(33-66(74)91)82-70(51)94)73(97)85-60(26-46-18-11-10-12-19-46)72(96)84-58(31-53-36-77-42-81-53)64(89)32-55(44(5)8-2)71(95)83-57(28-50-34-79-56-23-16-15-22-54(50)56)63(88)29-49(68(75)92)27-52-35-76-41-80-52/h10-16,18-23,34-36,41-45,49,51,55,57-61,67,78-79H,7-9,17,24-33,37-40H2,1-6H3,(H2,74,91)(H2,75,92)(H,76,80)(H,77,81)(H,82,94)(H,83,95)(H,84,96)(H,85,97)(H,86,93)/t44-,45+,49+,51+,55?,57-,58-,59-,60-,61+,67-/m0/s1. The number of aromatic amines is 3. The minimum Gasteiger partial charge on any atom is -0.370 e. The summed E-state index contributed by atoms with van der Waals surface area (Å²) in [5, 5.41) is 18.5. The van der Waals surface area contributed by atoms with Gasteiger partial charge in [-0.1, -0.05) is 134 Å². The lowest BCUT2D eigenvalue weighted by atomic mass is 9.84. The third-order valence-corrected chi connectivity index (χ3v) is 20.5. The molecule has 0 radical (unpaired) electrons. The molecule has 3 aromatic heterocycles. The van der Waals surface area contributed by atoms with Gasteiger partial charge in [0.15, 0.2) is 23.1 Å². The van der Waals surface area contributed by atoms with E-state index in [1.807, 2.05) is 76.2 Å². The van der Waals surface area contributed by atoms with Gasteiger partial charge in [-0.15, -0.1) is 0 Å². The van der Waals surface area contributed by atoms with Crippen molar-refractivity contribution in [1.29, 1.82) is 0 Å². The summed E-state index contributed by atoms with van der Waals surface area (Å²) in [7, 11) is 0. The molecule has 13 N–H and O–H groups in total. The number of fused-ring (bicyclic) bond motifs is 2. The maximum atomic E-state index is 15.1. The van der Waals surface area contributed by atoms with Gasteiger partial charge in [0.1, 0.15) is 12.1 Å². The van der Waals surface area contributed by atoms with Gasteiger partial charge in [-0.05, 0) is 53.1 Å². The lowest BCUT2D eigenvalue weighted by Gasteiger charge is -2.28. The molecule has 11 atom stereocenters. The van der Waals surface area contributed by atoms with Crippen LogP contribution in [0.2, 0.25) is 0 Å². The number of thioether (sulfide) groups is 2. The van der Waals surface area contributed by atoms with Crippen LogP contribution in [0.15, 0.2) is 110 Å². The molecule has 0 saturated heterocycles.